The summed E-state index contributed by atoms with van der Waals surface area (Å²) in [5.41, 5.74) is 1.15. The zero-order chi connectivity index (χ0) is 15.2. The van der Waals surface area contributed by atoms with Gasteiger partial charge in [-0.05, 0) is 31.9 Å². The summed E-state index contributed by atoms with van der Waals surface area (Å²) in [6, 6.07) is 6.08. The fourth-order valence-corrected chi connectivity index (χ4v) is 2.51. The van der Waals surface area contributed by atoms with Gasteiger partial charge in [-0.3, -0.25) is 4.90 Å². The van der Waals surface area contributed by atoms with Crippen molar-refractivity contribution in [3.05, 3.63) is 23.4 Å². The third-order valence-electron chi connectivity index (χ3n) is 3.73. The number of anilines is 1. The number of nitriles is 1. The molecule has 0 saturated carbocycles. The maximum absolute atomic E-state index is 11.5. The number of ether oxygens (including phenoxy) is 1. The van der Waals surface area contributed by atoms with Crippen LogP contribution in [0.5, 0.6) is 0 Å². The van der Waals surface area contributed by atoms with Gasteiger partial charge in [0.1, 0.15) is 5.82 Å². The highest BCUT2D eigenvalue weighted by atomic mass is 16.5. The summed E-state index contributed by atoms with van der Waals surface area (Å²) >= 11 is 0. The Morgan fingerprint density at radius 2 is 2.24 bits per heavy atom. The molecular formula is C15H20N4O2. The standard InChI is InChI=1S/C15H20N4O2/c1-11-13(15(20)21-2)3-4-14(17-11)18-12-5-8-19(9-6-12)10-7-16/h3-4,12H,5-6,8-10H2,1-2H3,(H,17,18). The van der Waals surface area contributed by atoms with Gasteiger partial charge in [0.05, 0.1) is 31.0 Å². The number of carbonyl (C=O) groups is 1. The first-order chi connectivity index (χ1) is 10.1. The van der Waals surface area contributed by atoms with Gasteiger partial charge in [0.25, 0.3) is 0 Å². The first-order valence-electron chi connectivity index (χ1n) is 7.06. The topological polar surface area (TPSA) is 78.2 Å². The van der Waals surface area contributed by atoms with Crippen LogP contribution in [0, 0.1) is 18.3 Å². The molecule has 21 heavy (non-hydrogen) atoms. The van der Waals surface area contributed by atoms with Gasteiger partial charge in [0.2, 0.25) is 0 Å². The monoisotopic (exact) mass is 288 g/mol. The summed E-state index contributed by atoms with van der Waals surface area (Å²) in [5, 5.41) is 12.1. The molecule has 1 aliphatic heterocycles. The molecule has 0 radical (unpaired) electrons. The van der Waals surface area contributed by atoms with Gasteiger partial charge in [0, 0.05) is 19.1 Å². The first kappa shape index (κ1) is 15.3. The van der Waals surface area contributed by atoms with Crippen molar-refractivity contribution in [1.29, 1.82) is 5.26 Å². The molecule has 2 rings (SSSR count). The van der Waals surface area contributed by atoms with Crippen LogP contribution in [-0.4, -0.2) is 48.6 Å². The predicted octanol–water partition coefficient (Wildman–Crippen LogP) is 1.58. The predicted molar refractivity (Wildman–Crippen MR) is 79.0 cm³/mol. The van der Waals surface area contributed by atoms with Gasteiger partial charge in [-0.2, -0.15) is 5.26 Å². The summed E-state index contributed by atoms with van der Waals surface area (Å²) in [7, 11) is 1.36. The van der Waals surface area contributed by atoms with E-state index >= 15 is 0 Å². The van der Waals surface area contributed by atoms with Crippen LogP contribution in [0.2, 0.25) is 0 Å². The lowest BCUT2D eigenvalue weighted by molar-refractivity contribution is 0.0599. The van der Waals surface area contributed by atoms with E-state index in [1.54, 1.807) is 19.1 Å². The molecular weight excluding hydrogens is 268 g/mol. The Morgan fingerprint density at radius 3 is 2.81 bits per heavy atom. The average Bonchev–Trinajstić information content (AvgIpc) is 2.49. The fourth-order valence-electron chi connectivity index (χ4n) is 2.51. The number of aryl methyl sites for hydroxylation is 1. The molecule has 1 aliphatic rings. The van der Waals surface area contributed by atoms with Gasteiger partial charge >= 0.3 is 5.97 Å². The normalized spacial score (nSPS) is 16.2. The van der Waals surface area contributed by atoms with Gasteiger partial charge in [-0.1, -0.05) is 0 Å². The number of piperidine rings is 1. The maximum Gasteiger partial charge on any atom is 0.339 e. The van der Waals surface area contributed by atoms with Crippen molar-refractivity contribution in [2.75, 3.05) is 32.1 Å². The summed E-state index contributed by atoms with van der Waals surface area (Å²) in [4.78, 5) is 18.1. The Bertz CT molecular complexity index is 545. The molecule has 1 saturated heterocycles. The SMILES string of the molecule is COC(=O)c1ccc(NC2CCN(CC#N)CC2)nc1C. The van der Waals surface area contributed by atoms with Crippen LogP contribution in [0.15, 0.2) is 12.1 Å². The second-order valence-electron chi connectivity index (χ2n) is 5.17. The van der Waals surface area contributed by atoms with E-state index in [0.29, 0.717) is 23.8 Å². The van der Waals surface area contributed by atoms with Crippen LogP contribution < -0.4 is 5.32 Å². The zero-order valence-corrected chi connectivity index (χ0v) is 12.4. The van der Waals surface area contributed by atoms with E-state index in [1.807, 2.05) is 0 Å². The Labute approximate surface area is 124 Å². The minimum Gasteiger partial charge on any atom is -0.465 e. The Kier molecular flexibility index (Phi) is 5.12. The smallest absolute Gasteiger partial charge is 0.339 e. The van der Waals surface area contributed by atoms with Crippen LogP contribution in [-0.2, 0) is 4.74 Å². The number of nitrogens with zero attached hydrogens (tertiary/aromatic N) is 3. The molecule has 0 aliphatic carbocycles. The van der Waals surface area contributed by atoms with Crippen molar-refractivity contribution >= 4 is 11.8 Å². The molecule has 0 aromatic carbocycles. The van der Waals surface area contributed by atoms with Gasteiger partial charge in [-0.15, -0.1) is 0 Å². The number of pyridine rings is 1. The van der Waals surface area contributed by atoms with Crippen molar-refractivity contribution in [3.63, 3.8) is 0 Å². The highest BCUT2D eigenvalue weighted by molar-refractivity contribution is 5.90. The lowest BCUT2D eigenvalue weighted by Gasteiger charge is -2.31. The van der Waals surface area contributed by atoms with E-state index in [9.17, 15) is 4.79 Å². The number of likely N-dealkylation sites (tertiary alicyclic amines) is 1. The second-order valence-corrected chi connectivity index (χ2v) is 5.17. The van der Waals surface area contributed by atoms with E-state index in [2.05, 4.69) is 21.3 Å². The van der Waals surface area contributed by atoms with E-state index < -0.39 is 0 Å². The third-order valence-corrected chi connectivity index (χ3v) is 3.73. The van der Waals surface area contributed by atoms with E-state index in [1.165, 1.54) is 7.11 Å². The maximum atomic E-state index is 11.5. The number of nitrogens with one attached hydrogen (secondary N) is 1. The lowest BCUT2D eigenvalue weighted by Crippen LogP contribution is -2.39. The number of hydrogen-bond acceptors (Lipinski definition) is 6. The summed E-state index contributed by atoms with van der Waals surface area (Å²) in [6.07, 6.45) is 1.97. The number of rotatable bonds is 4. The molecule has 112 valence electrons. The molecule has 0 atom stereocenters. The number of hydrogen-bond donors (Lipinski definition) is 1. The Hall–Kier alpha value is -2.13. The van der Waals surface area contributed by atoms with E-state index in [4.69, 9.17) is 10.00 Å². The van der Waals surface area contributed by atoms with Gasteiger partial charge in [0.15, 0.2) is 0 Å². The van der Waals surface area contributed by atoms with Crippen molar-refractivity contribution in [1.82, 2.24) is 9.88 Å². The highest BCUT2D eigenvalue weighted by Crippen LogP contribution is 2.17. The number of aromatic nitrogens is 1. The van der Waals surface area contributed by atoms with Crippen molar-refractivity contribution in [3.8, 4) is 6.07 Å². The summed E-state index contributed by atoms with van der Waals surface area (Å²) < 4.78 is 4.71. The highest BCUT2D eigenvalue weighted by Gasteiger charge is 2.19. The fraction of sp³-hybridized carbons (Fsp3) is 0.533. The Balaban J connectivity index is 1.94. The molecule has 0 amide bonds. The van der Waals surface area contributed by atoms with Crippen LogP contribution in [0.1, 0.15) is 28.9 Å². The van der Waals surface area contributed by atoms with Gasteiger partial charge < -0.3 is 10.1 Å². The summed E-state index contributed by atoms with van der Waals surface area (Å²) in [6.45, 7) is 4.14. The van der Waals surface area contributed by atoms with Crippen LogP contribution in [0.4, 0.5) is 5.82 Å². The summed E-state index contributed by atoms with van der Waals surface area (Å²) in [5.74, 6) is 0.412. The van der Waals surface area contributed by atoms with Crippen LogP contribution in [0.3, 0.4) is 0 Å². The quantitative estimate of drug-likeness (QED) is 0.669. The van der Waals surface area contributed by atoms with Crippen LogP contribution in [0.25, 0.3) is 0 Å². The average molecular weight is 288 g/mol. The second kappa shape index (κ2) is 7.04. The zero-order valence-electron chi connectivity index (χ0n) is 12.4. The molecule has 6 nitrogen and oxygen atoms in total. The molecule has 0 spiro atoms. The van der Waals surface area contributed by atoms with Crippen LogP contribution >= 0.6 is 0 Å². The minimum absolute atomic E-state index is 0.357. The number of carbonyl (C=O) groups excluding carboxylic acids is 1. The van der Waals surface area contributed by atoms with Crippen molar-refractivity contribution < 1.29 is 9.53 Å². The largest absolute Gasteiger partial charge is 0.465 e. The molecule has 1 fully saturated rings. The third kappa shape index (κ3) is 3.92. The molecule has 1 aromatic rings. The molecule has 1 N–H and O–H groups in total. The lowest BCUT2D eigenvalue weighted by atomic mass is 10.1. The molecule has 0 unspecified atom stereocenters. The molecule has 1 aromatic heterocycles. The number of esters is 1. The molecule has 0 bridgehead atoms. The van der Waals surface area contributed by atoms with E-state index in [-0.39, 0.29) is 5.97 Å². The molecule has 6 heteroatoms. The molecule has 2 heterocycles. The minimum atomic E-state index is -0.364. The van der Waals surface area contributed by atoms with Crippen molar-refractivity contribution in [2.45, 2.75) is 25.8 Å². The first-order valence-corrected chi connectivity index (χ1v) is 7.06. The van der Waals surface area contributed by atoms with E-state index in [0.717, 1.165) is 31.7 Å². The number of methoxy groups -OCH3 is 1. The van der Waals surface area contributed by atoms with Gasteiger partial charge in [-0.25, -0.2) is 9.78 Å². The van der Waals surface area contributed by atoms with Crippen molar-refractivity contribution in [2.24, 2.45) is 0 Å². The Morgan fingerprint density at radius 1 is 1.52 bits per heavy atom.